The summed E-state index contributed by atoms with van der Waals surface area (Å²) in [5.74, 6) is 0. The zero-order valence-corrected chi connectivity index (χ0v) is 7.06. The molecule has 2 heterocycles. The summed E-state index contributed by atoms with van der Waals surface area (Å²) in [7, 11) is 0. The predicted molar refractivity (Wildman–Crippen MR) is 43.5 cm³/mol. The molecule has 2 rings (SSSR count). The lowest BCUT2D eigenvalue weighted by atomic mass is 10.8. The minimum Gasteiger partial charge on any atom is -0.239 e. The van der Waals surface area contributed by atoms with Gasteiger partial charge >= 0.3 is 0 Å². The fourth-order valence-electron chi connectivity index (χ4n) is 0.722. The van der Waals surface area contributed by atoms with Crippen molar-refractivity contribution in [3.8, 4) is 0 Å². The Bertz CT molecular complexity index is 355. The second-order valence-corrected chi connectivity index (χ2v) is 2.87. The standard InChI is InChI=1S/C5H3IN4/c6-4-1-8-5-2-7-3-9-10(4)5/h1-3H. The highest BCUT2D eigenvalue weighted by Gasteiger charge is 1.97. The van der Waals surface area contributed by atoms with E-state index in [-0.39, 0.29) is 0 Å². The van der Waals surface area contributed by atoms with Gasteiger partial charge in [0.15, 0.2) is 5.65 Å². The van der Waals surface area contributed by atoms with Gasteiger partial charge in [-0.25, -0.2) is 14.5 Å². The predicted octanol–water partition coefficient (Wildman–Crippen LogP) is 0.729. The van der Waals surface area contributed by atoms with Gasteiger partial charge < -0.3 is 0 Å². The van der Waals surface area contributed by atoms with Gasteiger partial charge in [0.2, 0.25) is 0 Å². The van der Waals surface area contributed by atoms with Crippen molar-refractivity contribution in [2.45, 2.75) is 0 Å². The van der Waals surface area contributed by atoms with Crippen molar-refractivity contribution in [1.82, 2.24) is 19.6 Å². The zero-order valence-electron chi connectivity index (χ0n) is 4.90. The molecular weight excluding hydrogens is 243 g/mol. The normalized spacial score (nSPS) is 10.5. The van der Waals surface area contributed by atoms with Crippen LogP contribution in [0, 0.1) is 3.70 Å². The maximum Gasteiger partial charge on any atom is 0.173 e. The summed E-state index contributed by atoms with van der Waals surface area (Å²) in [6, 6.07) is 0. The van der Waals surface area contributed by atoms with Crippen LogP contribution in [0.2, 0.25) is 0 Å². The zero-order chi connectivity index (χ0) is 6.97. The van der Waals surface area contributed by atoms with E-state index in [4.69, 9.17) is 0 Å². The summed E-state index contributed by atoms with van der Waals surface area (Å²) < 4.78 is 2.73. The molecule has 0 radical (unpaired) electrons. The van der Waals surface area contributed by atoms with E-state index in [9.17, 15) is 0 Å². The van der Waals surface area contributed by atoms with E-state index in [0.29, 0.717) is 0 Å². The summed E-state index contributed by atoms with van der Waals surface area (Å²) in [5.41, 5.74) is 0.784. The van der Waals surface area contributed by atoms with Crippen molar-refractivity contribution in [3.63, 3.8) is 0 Å². The first-order valence-electron chi connectivity index (χ1n) is 2.67. The van der Waals surface area contributed by atoms with Crippen molar-refractivity contribution >= 4 is 28.2 Å². The molecule has 0 bridgehead atoms. The average molecular weight is 246 g/mol. The van der Waals surface area contributed by atoms with E-state index in [1.165, 1.54) is 6.33 Å². The van der Waals surface area contributed by atoms with Gasteiger partial charge in [-0.3, -0.25) is 0 Å². The maximum atomic E-state index is 4.05. The Balaban J connectivity index is 2.93. The Labute approximate surface area is 70.4 Å². The molecule has 10 heavy (non-hydrogen) atoms. The van der Waals surface area contributed by atoms with E-state index in [2.05, 4.69) is 37.7 Å². The van der Waals surface area contributed by atoms with Gasteiger partial charge in [-0.15, -0.1) is 0 Å². The van der Waals surface area contributed by atoms with Gasteiger partial charge in [0.25, 0.3) is 0 Å². The van der Waals surface area contributed by atoms with Crippen LogP contribution in [0.1, 0.15) is 0 Å². The smallest absolute Gasteiger partial charge is 0.173 e. The lowest BCUT2D eigenvalue weighted by Gasteiger charge is -1.88. The Kier molecular flexibility index (Phi) is 1.30. The van der Waals surface area contributed by atoms with Crippen LogP contribution in [0.4, 0.5) is 0 Å². The van der Waals surface area contributed by atoms with E-state index >= 15 is 0 Å². The van der Waals surface area contributed by atoms with E-state index < -0.39 is 0 Å². The molecule has 5 heteroatoms. The van der Waals surface area contributed by atoms with Crippen molar-refractivity contribution in [2.75, 3.05) is 0 Å². The number of rotatable bonds is 0. The molecule has 0 atom stereocenters. The highest BCUT2D eigenvalue weighted by atomic mass is 127. The van der Waals surface area contributed by atoms with Crippen molar-refractivity contribution in [3.05, 3.63) is 22.4 Å². The van der Waals surface area contributed by atoms with Crippen LogP contribution in [-0.2, 0) is 0 Å². The van der Waals surface area contributed by atoms with Crippen molar-refractivity contribution in [2.24, 2.45) is 0 Å². The van der Waals surface area contributed by atoms with Crippen LogP contribution in [0.25, 0.3) is 5.65 Å². The lowest BCUT2D eigenvalue weighted by Crippen LogP contribution is -1.92. The Morgan fingerprint density at radius 3 is 3.10 bits per heavy atom. The third kappa shape index (κ3) is 0.772. The molecule has 0 fully saturated rings. The van der Waals surface area contributed by atoms with Gasteiger partial charge in [0, 0.05) is 0 Å². The van der Waals surface area contributed by atoms with E-state index in [1.54, 1.807) is 16.9 Å². The third-order valence-corrected chi connectivity index (χ3v) is 1.88. The summed E-state index contributed by atoms with van der Waals surface area (Å²) >= 11 is 2.16. The quantitative estimate of drug-likeness (QED) is 0.643. The molecule has 0 amide bonds. The molecule has 0 saturated heterocycles. The highest BCUT2D eigenvalue weighted by molar-refractivity contribution is 14.1. The molecule has 0 aliphatic heterocycles. The van der Waals surface area contributed by atoms with E-state index in [0.717, 1.165) is 9.35 Å². The second kappa shape index (κ2) is 2.15. The van der Waals surface area contributed by atoms with Crippen LogP contribution in [0.15, 0.2) is 18.7 Å². The van der Waals surface area contributed by atoms with Crippen LogP contribution < -0.4 is 0 Å². The Morgan fingerprint density at radius 2 is 2.30 bits per heavy atom. The van der Waals surface area contributed by atoms with Gasteiger partial charge in [0.05, 0.1) is 12.4 Å². The summed E-state index contributed by atoms with van der Waals surface area (Å²) in [4.78, 5) is 7.88. The molecule has 2 aromatic heterocycles. The molecule has 0 unspecified atom stereocenters. The topological polar surface area (TPSA) is 43.1 Å². The molecule has 0 aliphatic rings. The average Bonchev–Trinajstić information content (AvgIpc) is 2.34. The highest BCUT2D eigenvalue weighted by Crippen LogP contribution is 2.03. The molecule has 0 spiro atoms. The van der Waals surface area contributed by atoms with E-state index in [1.807, 2.05) is 0 Å². The molecule has 50 valence electrons. The fraction of sp³-hybridized carbons (Fsp3) is 0. The minimum atomic E-state index is 0.784. The Morgan fingerprint density at radius 1 is 1.40 bits per heavy atom. The van der Waals surface area contributed by atoms with Crippen LogP contribution in [-0.4, -0.2) is 19.6 Å². The molecule has 0 N–H and O–H groups in total. The number of imidazole rings is 1. The van der Waals surface area contributed by atoms with Gasteiger partial charge in [0.1, 0.15) is 10.0 Å². The van der Waals surface area contributed by atoms with Crippen molar-refractivity contribution < 1.29 is 0 Å². The summed E-state index contributed by atoms with van der Waals surface area (Å²) in [5, 5.41) is 3.98. The second-order valence-electron chi connectivity index (χ2n) is 1.76. The largest absolute Gasteiger partial charge is 0.239 e. The molecule has 4 nitrogen and oxygen atoms in total. The SMILES string of the molecule is Ic1cnc2cncnn12. The first-order valence-corrected chi connectivity index (χ1v) is 3.75. The Hall–Kier alpha value is -0.720. The lowest BCUT2D eigenvalue weighted by molar-refractivity contribution is 0.879. The van der Waals surface area contributed by atoms with Gasteiger partial charge in [-0.2, -0.15) is 5.10 Å². The fourth-order valence-corrected chi connectivity index (χ4v) is 1.23. The van der Waals surface area contributed by atoms with Crippen molar-refractivity contribution in [1.29, 1.82) is 0 Å². The molecule has 0 aliphatic carbocycles. The molecule has 2 aromatic rings. The summed E-state index contributed by atoms with van der Waals surface area (Å²) in [6.45, 7) is 0. The first-order chi connectivity index (χ1) is 4.88. The van der Waals surface area contributed by atoms with Crippen LogP contribution >= 0.6 is 22.6 Å². The number of nitrogens with zero attached hydrogens (tertiary/aromatic N) is 4. The van der Waals surface area contributed by atoms with Gasteiger partial charge in [-0.05, 0) is 22.6 Å². The molecular formula is C5H3IN4. The molecule has 0 aromatic carbocycles. The maximum absolute atomic E-state index is 4.05. The number of aromatic nitrogens is 4. The summed E-state index contributed by atoms with van der Waals surface area (Å²) in [6.07, 6.45) is 4.93. The van der Waals surface area contributed by atoms with Crippen LogP contribution in [0.5, 0.6) is 0 Å². The van der Waals surface area contributed by atoms with Crippen LogP contribution in [0.3, 0.4) is 0 Å². The number of hydrogen-bond acceptors (Lipinski definition) is 3. The monoisotopic (exact) mass is 246 g/mol. The third-order valence-electron chi connectivity index (χ3n) is 1.15. The number of hydrogen-bond donors (Lipinski definition) is 0. The minimum absolute atomic E-state index is 0.784. The first kappa shape index (κ1) is 6.02. The van der Waals surface area contributed by atoms with Gasteiger partial charge in [-0.1, -0.05) is 0 Å². The molecule has 0 saturated carbocycles. The number of halogens is 1. The number of fused-ring (bicyclic) bond motifs is 1.